The van der Waals surface area contributed by atoms with E-state index in [-0.39, 0.29) is 5.82 Å². The molecule has 82 valence electrons. The van der Waals surface area contributed by atoms with E-state index in [2.05, 4.69) is 15.3 Å². The lowest BCUT2D eigenvalue weighted by atomic mass is 10.2. The van der Waals surface area contributed by atoms with Crippen molar-refractivity contribution < 1.29 is 4.39 Å². The smallest absolute Gasteiger partial charge is 0.146 e. The molecule has 1 aromatic carbocycles. The third-order valence-electron chi connectivity index (χ3n) is 2.31. The molecule has 0 atom stereocenters. The number of hydrogen-bond donors (Lipinski definition) is 1. The van der Waals surface area contributed by atoms with Crippen molar-refractivity contribution in [3.05, 3.63) is 53.9 Å². The summed E-state index contributed by atoms with van der Waals surface area (Å²) in [5.74, 6) is -0.242. The first-order chi connectivity index (χ1) is 7.77. The average molecular weight is 217 g/mol. The molecule has 4 heteroatoms. The fourth-order valence-electron chi connectivity index (χ4n) is 1.46. The van der Waals surface area contributed by atoms with Gasteiger partial charge in [0.05, 0.1) is 17.9 Å². The third kappa shape index (κ3) is 2.34. The van der Waals surface area contributed by atoms with Gasteiger partial charge in [0, 0.05) is 6.20 Å². The molecule has 0 fully saturated rings. The van der Waals surface area contributed by atoms with E-state index >= 15 is 0 Å². The molecule has 1 N–H and O–H groups in total. The molecule has 0 radical (unpaired) electrons. The molecule has 2 rings (SSSR count). The Morgan fingerprint density at radius 2 is 2.19 bits per heavy atom. The van der Waals surface area contributed by atoms with Gasteiger partial charge in [0.15, 0.2) is 0 Å². The molecule has 0 aliphatic rings. The number of benzene rings is 1. The Kier molecular flexibility index (Phi) is 3.10. The van der Waals surface area contributed by atoms with Crippen LogP contribution in [0.5, 0.6) is 0 Å². The van der Waals surface area contributed by atoms with E-state index in [0.717, 1.165) is 11.3 Å². The van der Waals surface area contributed by atoms with E-state index in [0.29, 0.717) is 12.2 Å². The quantitative estimate of drug-likeness (QED) is 0.858. The highest BCUT2D eigenvalue weighted by molar-refractivity contribution is 5.51. The molecule has 0 aliphatic heterocycles. The maximum atomic E-state index is 13.5. The number of halogens is 1. The molecule has 0 spiro atoms. The number of para-hydroxylation sites is 1. The zero-order valence-electron chi connectivity index (χ0n) is 8.94. The van der Waals surface area contributed by atoms with Crippen molar-refractivity contribution in [3.63, 3.8) is 0 Å². The van der Waals surface area contributed by atoms with E-state index in [1.54, 1.807) is 18.3 Å². The molecule has 0 saturated carbocycles. The maximum Gasteiger partial charge on any atom is 0.146 e. The van der Waals surface area contributed by atoms with Crippen molar-refractivity contribution in [3.8, 4) is 0 Å². The lowest BCUT2D eigenvalue weighted by Gasteiger charge is -2.09. The first kappa shape index (κ1) is 10.5. The molecule has 0 amide bonds. The van der Waals surface area contributed by atoms with Crippen molar-refractivity contribution in [2.45, 2.75) is 13.5 Å². The largest absolute Gasteiger partial charge is 0.377 e. The van der Waals surface area contributed by atoms with Gasteiger partial charge >= 0.3 is 0 Å². The van der Waals surface area contributed by atoms with Crippen molar-refractivity contribution in [1.82, 2.24) is 9.97 Å². The Hall–Kier alpha value is -1.97. The fraction of sp³-hybridized carbons (Fsp3) is 0.167. The van der Waals surface area contributed by atoms with Gasteiger partial charge < -0.3 is 5.32 Å². The van der Waals surface area contributed by atoms with E-state index in [4.69, 9.17) is 0 Å². The first-order valence-electron chi connectivity index (χ1n) is 5.01. The summed E-state index contributed by atoms with van der Waals surface area (Å²) in [4.78, 5) is 7.88. The molecule has 0 unspecified atom stereocenters. The first-order valence-corrected chi connectivity index (χ1v) is 5.01. The summed E-state index contributed by atoms with van der Waals surface area (Å²) in [5, 5.41) is 3.03. The lowest BCUT2D eigenvalue weighted by molar-refractivity contribution is 0.629. The van der Waals surface area contributed by atoms with E-state index < -0.39 is 0 Å². The van der Waals surface area contributed by atoms with Crippen molar-refractivity contribution in [2.24, 2.45) is 0 Å². The summed E-state index contributed by atoms with van der Waals surface area (Å²) in [6, 6.07) is 6.80. The summed E-state index contributed by atoms with van der Waals surface area (Å²) in [7, 11) is 0. The zero-order valence-corrected chi connectivity index (χ0v) is 8.94. The normalized spacial score (nSPS) is 10.1. The number of aromatic nitrogens is 2. The van der Waals surface area contributed by atoms with Gasteiger partial charge in [0.1, 0.15) is 12.1 Å². The zero-order chi connectivity index (χ0) is 11.4. The van der Waals surface area contributed by atoms with Crippen molar-refractivity contribution in [1.29, 1.82) is 0 Å². The van der Waals surface area contributed by atoms with Crippen LogP contribution in [0.15, 0.2) is 36.8 Å². The second kappa shape index (κ2) is 4.70. The van der Waals surface area contributed by atoms with Crippen LogP contribution in [-0.2, 0) is 6.54 Å². The van der Waals surface area contributed by atoms with Crippen molar-refractivity contribution >= 4 is 5.69 Å². The van der Waals surface area contributed by atoms with Crippen LogP contribution in [-0.4, -0.2) is 9.97 Å². The van der Waals surface area contributed by atoms with E-state index in [1.807, 2.05) is 13.0 Å². The molecule has 0 saturated heterocycles. The van der Waals surface area contributed by atoms with Gasteiger partial charge in [-0.3, -0.25) is 0 Å². The van der Waals surface area contributed by atoms with Crippen LogP contribution in [0.3, 0.4) is 0 Å². The molecule has 2 aromatic rings. The molecule has 1 aromatic heterocycles. The molecular weight excluding hydrogens is 205 g/mol. The average Bonchev–Trinajstić information content (AvgIpc) is 2.30. The minimum absolute atomic E-state index is 0.242. The molecular formula is C12H12FN3. The summed E-state index contributed by atoms with van der Waals surface area (Å²) >= 11 is 0. The highest BCUT2D eigenvalue weighted by Crippen LogP contribution is 2.18. The van der Waals surface area contributed by atoms with Crippen molar-refractivity contribution in [2.75, 3.05) is 5.32 Å². The summed E-state index contributed by atoms with van der Waals surface area (Å²) in [5.41, 5.74) is 2.24. The predicted octanol–water partition coefficient (Wildman–Crippen LogP) is 2.54. The minimum Gasteiger partial charge on any atom is -0.377 e. The monoisotopic (exact) mass is 217 g/mol. The van der Waals surface area contributed by atoms with E-state index in [1.165, 1.54) is 12.4 Å². The number of anilines is 1. The van der Waals surface area contributed by atoms with Crippen LogP contribution < -0.4 is 5.32 Å². The standard InChI is InChI=1S/C12H12FN3/c1-9-3-2-4-11(13)12(9)15-7-10-5-6-14-8-16-10/h2-6,8,15H,7H2,1H3. The Bertz CT molecular complexity index is 451. The third-order valence-corrected chi connectivity index (χ3v) is 2.31. The second-order valence-corrected chi connectivity index (χ2v) is 3.49. The Balaban J connectivity index is 2.11. The summed E-state index contributed by atoms with van der Waals surface area (Å²) in [6.07, 6.45) is 3.14. The van der Waals surface area contributed by atoms with Gasteiger partial charge in [-0.15, -0.1) is 0 Å². The van der Waals surface area contributed by atoms with Crippen LogP contribution in [0.25, 0.3) is 0 Å². The van der Waals surface area contributed by atoms with Gasteiger partial charge in [0.25, 0.3) is 0 Å². The molecule has 16 heavy (non-hydrogen) atoms. The van der Waals surface area contributed by atoms with Crippen LogP contribution in [0.2, 0.25) is 0 Å². The van der Waals surface area contributed by atoms with Crippen LogP contribution >= 0.6 is 0 Å². The maximum absolute atomic E-state index is 13.5. The summed E-state index contributed by atoms with van der Waals surface area (Å²) in [6.45, 7) is 2.36. The highest BCUT2D eigenvalue weighted by Gasteiger charge is 2.04. The minimum atomic E-state index is -0.242. The van der Waals surface area contributed by atoms with Gasteiger partial charge in [-0.1, -0.05) is 12.1 Å². The van der Waals surface area contributed by atoms with Crippen LogP contribution in [0.4, 0.5) is 10.1 Å². The topological polar surface area (TPSA) is 37.8 Å². The van der Waals surface area contributed by atoms with Gasteiger partial charge in [-0.25, -0.2) is 14.4 Å². The summed E-state index contributed by atoms with van der Waals surface area (Å²) < 4.78 is 13.5. The lowest BCUT2D eigenvalue weighted by Crippen LogP contribution is -2.04. The number of rotatable bonds is 3. The predicted molar refractivity (Wildman–Crippen MR) is 60.5 cm³/mol. The molecule has 1 heterocycles. The Morgan fingerprint density at radius 1 is 1.31 bits per heavy atom. The van der Waals surface area contributed by atoms with Gasteiger partial charge in [-0.05, 0) is 24.6 Å². The number of hydrogen-bond acceptors (Lipinski definition) is 3. The van der Waals surface area contributed by atoms with Crippen LogP contribution in [0.1, 0.15) is 11.3 Å². The van der Waals surface area contributed by atoms with Gasteiger partial charge in [0.2, 0.25) is 0 Å². The van der Waals surface area contributed by atoms with E-state index in [9.17, 15) is 4.39 Å². The number of nitrogens with one attached hydrogen (secondary N) is 1. The molecule has 0 bridgehead atoms. The SMILES string of the molecule is Cc1cccc(F)c1NCc1ccncn1. The Morgan fingerprint density at radius 3 is 2.88 bits per heavy atom. The number of aryl methyl sites for hydroxylation is 1. The highest BCUT2D eigenvalue weighted by atomic mass is 19.1. The molecule has 3 nitrogen and oxygen atoms in total. The second-order valence-electron chi connectivity index (χ2n) is 3.49. The van der Waals surface area contributed by atoms with Gasteiger partial charge in [-0.2, -0.15) is 0 Å². The fourth-order valence-corrected chi connectivity index (χ4v) is 1.46. The van der Waals surface area contributed by atoms with Crippen LogP contribution in [0, 0.1) is 12.7 Å². The molecule has 0 aliphatic carbocycles. The Labute approximate surface area is 93.4 Å². The number of nitrogens with zero attached hydrogens (tertiary/aromatic N) is 2.